The van der Waals surface area contributed by atoms with Gasteiger partial charge in [0, 0.05) is 11.5 Å². The highest BCUT2D eigenvalue weighted by Crippen LogP contribution is 2.36. The third kappa shape index (κ3) is 3.70. The number of hydrogen-bond donors (Lipinski definition) is 0. The van der Waals surface area contributed by atoms with Crippen molar-refractivity contribution in [2.24, 2.45) is 0 Å². The number of hydrogen-bond acceptors (Lipinski definition) is 4. The molecule has 5 nitrogen and oxygen atoms in total. The fourth-order valence-corrected chi connectivity index (χ4v) is 3.52. The van der Waals surface area contributed by atoms with Gasteiger partial charge in [-0.1, -0.05) is 34.1 Å². The maximum absolute atomic E-state index is 13.0. The number of carbonyl (C=O) groups is 1. The Morgan fingerprint density at radius 1 is 1.19 bits per heavy atom. The van der Waals surface area contributed by atoms with Gasteiger partial charge in [-0.2, -0.15) is 0 Å². The highest BCUT2D eigenvalue weighted by Gasteiger charge is 2.36. The van der Waals surface area contributed by atoms with E-state index in [-0.39, 0.29) is 5.91 Å². The molecular formula is C20H19BrN2O3S. The van der Waals surface area contributed by atoms with Gasteiger partial charge in [-0.15, -0.1) is 0 Å². The van der Waals surface area contributed by atoms with E-state index in [9.17, 15) is 4.79 Å². The van der Waals surface area contributed by atoms with Crippen LogP contribution in [-0.2, 0) is 4.79 Å². The average molecular weight is 447 g/mol. The second-order valence-electron chi connectivity index (χ2n) is 5.80. The van der Waals surface area contributed by atoms with Crippen LogP contribution in [0, 0.1) is 0 Å². The van der Waals surface area contributed by atoms with Gasteiger partial charge < -0.3 is 14.4 Å². The van der Waals surface area contributed by atoms with E-state index >= 15 is 0 Å². The Hall–Kier alpha value is -2.38. The standard InChI is InChI=1S/C20H19BrN2O3S/c1-4-26-18-12-15(21)13(11-17(18)25-3)10-16-19(24)23(20(27)22(16)2)14-8-6-5-7-9-14/h5-12H,4H2,1-3H3/b16-10-. The molecule has 27 heavy (non-hydrogen) atoms. The maximum Gasteiger partial charge on any atom is 0.281 e. The fraction of sp³-hybridized carbons (Fsp3) is 0.200. The minimum Gasteiger partial charge on any atom is -0.493 e. The van der Waals surface area contributed by atoms with E-state index in [1.807, 2.05) is 49.4 Å². The third-order valence-electron chi connectivity index (χ3n) is 4.15. The number of methoxy groups -OCH3 is 1. The summed E-state index contributed by atoms with van der Waals surface area (Å²) in [6.45, 7) is 2.44. The molecule has 1 amide bonds. The van der Waals surface area contributed by atoms with Crippen molar-refractivity contribution in [3.05, 3.63) is 58.2 Å². The molecule has 2 aromatic rings. The number of thiocarbonyl (C=S) groups is 1. The predicted octanol–water partition coefficient (Wildman–Crippen LogP) is 4.46. The molecule has 1 aliphatic heterocycles. The number of carbonyl (C=O) groups excluding carboxylic acids is 1. The van der Waals surface area contributed by atoms with Crippen molar-refractivity contribution in [1.82, 2.24) is 4.90 Å². The number of nitrogens with zero attached hydrogens (tertiary/aromatic N) is 2. The van der Waals surface area contributed by atoms with Crippen LogP contribution in [0.2, 0.25) is 0 Å². The van der Waals surface area contributed by atoms with Gasteiger partial charge in [-0.3, -0.25) is 9.69 Å². The summed E-state index contributed by atoms with van der Waals surface area (Å²) in [7, 11) is 3.37. The van der Waals surface area contributed by atoms with Crippen molar-refractivity contribution >= 4 is 50.9 Å². The van der Waals surface area contributed by atoms with E-state index in [0.717, 1.165) is 15.7 Å². The van der Waals surface area contributed by atoms with Crippen molar-refractivity contribution in [1.29, 1.82) is 0 Å². The number of anilines is 1. The average Bonchev–Trinajstić information content (AvgIpc) is 2.88. The first-order valence-electron chi connectivity index (χ1n) is 8.37. The molecule has 1 aliphatic rings. The number of rotatable bonds is 5. The van der Waals surface area contributed by atoms with Gasteiger partial charge in [0.25, 0.3) is 5.91 Å². The molecular weight excluding hydrogens is 428 g/mol. The molecule has 0 N–H and O–H groups in total. The predicted molar refractivity (Wildman–Crippen MR) is 114 cm³/mol. The number of amides is 1. The summed E-state index contributed by atoms with van der Waals surface area (Å²) in [5, 5.41) is 0.437. The SMILES string of the molecule is CCOc1cc(Br)c(/C=C2/C(=O)N(c3ccccc3)C(=S)N2C)cc1OC. The first kappa shape index (κ1) is 19.4. The normalized spacial score (nSPS) is 15.6. The molecule has 0 bridgehead atoms. The minimum atomic E-state index is -0.173. The molecule has 140 valence electrons. The Kier molecular flexibility index (Phi) is 5.82. The van der Waals surface area contributed by atoms with Gasteiger partial charge in [0.2, 0.25) is 0 Å². The van der Waals surface area contributed by atoms with E-state index in [1.54, 1.807) is 25.1 Å². The van der Waals surface area contributed by atoms with Crippen LogP contribution >= 0.6 is 28.1 Å². The van der Waals surface area contributed by atoms with E-state index < -0.39 is 0 Å². The quantitative estimate of drug-likeness (QED) is 0.500. The highest BCUT2D eigenvalue weighted by atomic mass is 79.9. The molecule has 0 spiro atoms. The van der Waals surface area contributed by atoms with Crippen LogP contribution in [0.5, 0.6) is 11.5 Å². The molecule has 0 unspecified atom stereocenters. The molecule has 3 rings (SSSR count). The first-order valence-corrected chi connectivity index (χ1v) is 9.57. The molecule has 0 atom stereocenters. The zero-order valence-corrected chi connectivity index (χ0v) is 17.6. The number of likely N-dealkylation sites (N-methyl/N-ethyl adjacent to an activating group) is 1. The topological polar surface area (TPSA) is 42.0 Å². The lowest BCUT2D eigenvalue weighted by molar-refractivity contribution is -0.114. The van der Waals surface area contributed by atoms with Crippen LogP contribution in [0.3, 0.4) is 0 Å². The monoisotopic (exact) mass is 446 g/mol. The number of ether oxygens (including phenoxy) is 2. The fourth-order valence-electron chi connectivity index (χ4n) is 2.80. The van der Waals surface area contributed by atoms with Crippen molar-refractivity contribution in [3.8, 4) is 11.5 Å². The van der Waals surface area contributed by atoms with Gasteiger partial charge >= 0.3 is 0 Å². The lowest BCUT2D eigenvalue weighted by atomic mass is 10.1. The molecule has 7 heteroatoms. The van der Waals surface area contributed by atoms with Crippen LogP contribution in [0.25, 0.3) is 6.08 Å². The van der Waals surface area contributed by atoms with E-state index in [0.29, 0.717) is 28.9 Å². The highest BCUT2D eigenvalue weighted by molar-refractivity contribution is 9.10. The van der Waals surface area contributed by atoms with Gasteiger partial charge in [0.15, 0.2) is 16.6 Å². The molecule has 1 fully saturated rings. The Morgan fingerprint density at radius 3 is 2.52 bits per heavy atom. The van der Waals surface area contributed by atoms with Crippen LogP contribution in [0.4, 0.5) is 5.69 Å². The Bertz CT molecular complexity index is 915. The zero-order valence-electron chi connectivity index (χ0n) is 15.2. The lowest BCUT2D eigenvalue weighted by Gasteiger charge is -2.16. The van der Waals surface area contributed by atoms with Crippen LogP contribution in [-0.4, -0.2) is 36.7 Å². The second-order valence-corrected chi connectivity index (χ2v) is 7.02. The van der Waals surface area contributed by atoms with Gasteiger partial charge in [-0.25, -0.2) is 0 Å². The summed E-state index contributed by atoms with van der Waals surface area (Å²) in [4.78, 5) is 16.3. The number of para-hydroxylation sites is 1. The summed E-state index contributed by atoms with van der Waals surface area (Å²) in [6, 6.07) is 13.0. The summed E-state index contributed by atoms with van der Waals surface area (Å²) in [6.07, 6.45) is 1.79. The first-order chi connectivity index (χ1) is 13.0. The molecule has 1 saturated heterocycles. The molecule has 0 radical (unpaired) electrons. The minimum absolute atomic E-state index is 0.173. The van der Waals surface area contributed by atoms with Crippen molar-refractivity contribution < 1.29 is 14.3 Å². The Morgan fingerprint density at radius 2 is 1.89 bits per heavy atom. The van der Waals surface area contributed by atoms with Crippen LogP contribution < -0.4 is 14.4 Å². The molecule has 1 heterocycles. The number of benzene rings is 2. The van der Waals surface area contributed by atoms with E-state index in [2.05, 4.69) is 15.9 Å². The maximum atomic E-state index is 13.0. The molecule has 0 aromatic heterocycles. The van der Waals surface area contributed by atoms with Crippen molar-refractivity contribution in [2.45, 2.75) is 6.92 Å². The van der Waals surface area contributed by atoms with E-state index in [4.69, 9.17) is 21.7 Å². The summed E-state index contributed by atoms with van der Waals surface area (Å²) in [5.41, 5.74) is 2.02. The van der Waals surface area contributed by atoms with Gasteiger partial charge in [0.1, 0.15) is 5.70 Å². The molecule has 2 aromatic carbocycles. The lowest BCUT2D eigenvalue weighted by Crippen LogP contribution is -2.30. The summed E-state index contributed by atoms with van der Waals surface area (Å²) in [5.74, 6) is 1.07. The largest absolute Gasteiger partial charge is 0.493 e. The van der Waals surface area contributed by atoms with Crippen molar-refractivity contribution in [2.75, 3.05) is 25.7 Å². The molecule has 0 saturated carbocycles. The van der Waals surface area contributed by atoms with Gasteiger partial charge in [0.05, 0.1) is 19.4 Å². The van der Waals surface area contributed by atoms with Crippen LogP contribution in [0.15, 0.2) is 52.6 Å². The molecule has 0 aliphatic carbocycles. The summed E-state index contributed by atoms with van der Waals surface area (Å²) < 4.78 is 11.8. The Labute approximate surface area is 172 Å². The van der Waals surface area contributed by atoms with Gasteiger partial charge in [-0.05, 0) is 55.0 Å². The second kappa shape index (κ2) is 8.10. The number of halogens is 1. The van der Waals surface area contributed by atoms with Crippen molar-refractivity contribution in [3.63, 3.8) is 0 Å². The Balaban J connectivity index is 2.02. The zero-order chi connectivity index (χ0) is 19.6. The summed E-state index contributed by atoms with van der Waals surface area (Å²) >= 11 is 9.03. The van der Waals surface area contributed by atoms with E-state index in [1.165, 1.54) is 4.90 Å². The third-order valence-corrected chi connectivity index (χ3v) is 5.29. The van der Waals surface area contributed by atoms with Crippen LogP contribution in [0.1, 0.15) is 12.5 Å². The smallest absolute Gasteiger partial charge is 0.281 e.